The molecule has 3 aromatic carbocycles. The van der Waals surface area contributed by atoms with Gasteiger partial charge in [0.25, 0.3) is 0 Å². The molecule has 2 N–H and O–H groups in total. The van der Waals surface area contributed by atoms with Crippen LogP contribution in [0.2, 0.25) is 5.02 Å². The fourth-order valence-corrected chi connectivity index (χ4v) is 3.08. The van der Waals surface area contributed by atoms with Crippen molar-refractivity contribution in [1.82, 2.24) is 0 Å². The number of methoxy groups -OCH3 is 1. The number of hydrogen-bond acceptors (Lipinski definition) is 4. The fraction of sp³-hybridized carbons (Fsp3) is 0.0435. The molecule has 0 spiro atoms. The molecule has 7 heteroatoms. The number of benzene rings is 3. The molecule has 1 aromatic heterocycles. The number of anilines is 2. The number of carbonyl (C=O) groups is 1. The van der Waals surface area contributed by atoms with Crippen LogP contribution in [0.3, 0.4) is 0 Å². The molecule has 150 valence electrons. The average molecular weight is 421 g/mol. The second-order valence-electron chi connectivity index (χ2n) is 6.50. The van der Waals surface area contributed by atoms with Crippen molar-refractivity contribution in [1.29, 1.82) is 0 Å². The van der Waals surface area contributed by atoms with Gasteiger partial charge in [-0.15, -0.1) is 0 Å². The highest BCUT2D eigenvalue weighted by Crippen LogP contribution is 2.25. The Morgan fingerprint density at radius 2 is 1.53 bits per heavy atom. The quantitative estimate of drug-likeness (QED) is 0.439. The van der Waals surface area contributed by atoms with E-state index in [1.54, 1.807) is 73.8 Å². The van der Waals surface area contributed by atoms with E-state index in [2.05, 4.69) is 10.6 Å². The van der Waals surface area contributed by atoms with Gasteiger partial charge in [-0.25, -0.2) is 4.79 Å². The van der Waals surface area contributed by atoms with Crippen LogP contribution in [0.5, 0.6) is 5.75 Å². The van der Waals surface area contributed by atoms with Crippen LogP contribution in [0.25, 0.3) is 22.3 Å². The lowest BCUT2D eigenvalue weighted by Gasteiger charge is -2.09. The molecular weight excluding hydrogens is 404 g/mol. The summed E-state index contributed by atoms with van der Waals surface area (Å²) in [6.07, 6.45) is 0. The molecule has 0 radical (unpaired) electrons. The first-order valence-electron chi connectivity index (χ1n) is 9.08. The molecule has 1 heterocycles. The van der Waals surface area contributed by atoms with Gasteiger partial charge in [0.2, 0.25) is 0 Å². The number of amides is 2. The Morgan fingerprint density at radius 1 is 0.900 bits per heavy atom. The third kappa shape index (κ3) is 4.29. The smallest absolute Gasteiger partial charge is 0.323 e. The van der Waals surface area contributed by atoms with E-state index in [9.17, 15) is 9.59 Å². The number of ether oxygens (including phenoxy) is 1. The Morgan fingerprint density at radius 3 is 2.17 bits per heavy atom. The van der Waals surface area contributed by atoms with Crippen molar-refractivity contribution in [3.05, 3.63) is 88.0 Å². The summed E-state index contributed by atoms with van der Waals surface area (Å²) in [4.78, 5) is 24.6. The molecule has 0 saturated heterocycles. The molecule has 0 aliphatic rings. The van der Waals surface area contributed by atoms with Gasteiger partial charge < -0.3 is 19.8 Å². The summed E-state index contributed by atoms with van der Waals surface area (Å²) in [5, 5.41) is 6.52. The SMILES string of the molecule is COc1ccc2oc(-c3ccc(NC(=O)Nc4ccc(Cl)cc4)cc3)cc(=O)c2c1. The van der Waals surface area contributed by atoms with E-state index in [-0.39, 0.29) is 11.5 Å². The van der Waals surface area contributed by atoms with Crippen molar-refractivity contribution in [2.45, 2.75) is 0 Å². The lowest BCUT2D eigenvalue weighted by molar-refractivity contribution is 0.262. The van der Waals surface area contributed by atoms with Crippen LogP contribution >= 0.6 is 11.6 Å². The first-order valence-corrected chi connectivity index (χ1v) is 9.45. The zero-order chi connectivity index (χ0) is 21.1. The highest BCUT2D eigenvalue weighted by atomic mass is 35.5. The van der Waals surface area contributed by atoms with Crippen molar-refractivity contribution in [3.63, 3.8) is 0 Å². The summed E-state index contributed by atoms with van der Waals surface area (Å²) in [5.74, 6) is 1.03. The Kier molecular flexibility index (Phi) is 5.41. The van der Waals surface area contributed by atoms with E-state index in [1.165, 1.54) is 6.07 Å². The van der Waals surface area contributed by atoms with E-state index in [0.29, 0.717) is 44.4 Å². The Bertz CT molecular complexity index is 1270. The Balaban J connectivity index is 1.51. The lowest BCUT2D eigenvalue weighted by Crippen LogP contribution is -2.19. The second kappa shape index (κ2) is 8.31. The lowest BCUT2D eigenvalue weighted by atomic mass is 10.1. The summed E-state index contributed by atoms with van der Waals surface area (Å²) in [6, 6.07) is 20.0. The van der Waals surface area contributed by atoms with E-state index in [0.717, 1.165) is 0 Å². The number of halogens is 1. The Hall–Kier alpha value is -3.77. The minimum absolute atomic E-state index is 0.158. The first kappa shape index (κ1) is 19.5. The summed E-state index contributed by atoms with van der Waals surface area (Å²) in [7, 11) is 1.54. The third-order valence-electron chi connectivity index (χ3n) is 4.46. The highest BCUT2D eigenvalue weighted by Gasteiger charge is 2.09. The second-order valence-corrected chi connectivity index (χ2v) is 6.94. The van der Waals surface area contributed by atoms with Crippen LogP contribution in [0.1, 0.15) is 0 Å². The largest absolute Gasteiger partial charge is 0.497 e. The van der Waals surface area contributed by atoms with Crippen molar-refractivity contribution in [2.75, 3.05) is 17.7 Å². The monoisotopic (exact) mass is 420 g/mol. The van der Waals surface area contributed by atoms with Crippen LogP contribution < -0.4 is 20.8 Å². The average Bonchev–Trinajstić information content (AvgIpc) is 2.75. The molecule has 0 saturated carbocycles. The highest BCUT2D eigenvalue weighted by molar-refractivity contribution is 6.30. The summed E-state index contributed by atoms with van der Waals surface area (Å²) >= 11 is 5.84. The van der Waals surface area contributed by atoms with Crippen LogP contribution in [-0.4, -0.2) is 13.1 Å². The van der Waals surface area contributed by atoms with E-state index < -0.39 is 0 Å². The first-order chi connectivity index (χ1) is 14.5. The molecule has 0 fully saturated rings. The van der Waals surface area contributed by atoms with Gasteiger partial charge in [-0.3, -0.25) is 4.79 Å². The maximum atomic E-state index is 12.5. The van der Waals surface area contributed by atoms with Crippen molar-refractivity contribution in [3.8, 4) is 17.1 Å². The molecule has 0 unspecified atom stereocenters. The molecule has 6 nitrogen and oxygen atoms in total. The zero-order valence-corrected chi connectivity index (χ0v) is 16.7. The van der Waals surface area contributed by atoms with E-state index >= 15 is 0 Å². The topological polar surface area (TPSA) is 80.6 Å². The fourth-order valence-electron chi connectivity index (χ4n) is 2.95. The van der Waals surface area contributed by atoms with Gasteiger partial charge in [-0.1, -0.05) is 11.6 Å². The van der Waals surface area contributed by atoms with Crippen molar-refractivity contribution >= 4 is 40.0 Å². The number of urea groups is 1. The molecule has 0 bridgehead atoms. The van der Waals surface area contributed by atoms with E-state index in [4.69, 9.17) is 20.8 Å². The number of nitrogens with one attached hydrogen (secondary N) is 2. The van der Waals surface area contributed by atoms with Crippen LogP contribution in [-0.2, 0) is 0 Å². The molecule has 4 rings (SSSR count). The number of carbonyl (C=O) groups excluding carboxylic acids is 1. The van der Waals surface area contributed by atoms with Crippen LogP contribution in [0, 0.1) is 0 Å². The third-order valence-corrected chi connectivity index (χ3v) is 4.72. The standard InChI is InChI=1S/C23H17ClN2O4/c1-29-18-10-11-21-19(12-18)20(27)13-22(30-21)14-2-6-16(7-3-14)25-23(28)26-17-8-4-15(24)5-9-17/h2-13H,1H3,(H2,25,26,28). The van der Waals surface area contributed by atoms with Gasteiger partial charge in [0.15, 0.2) is 5.43 Å². The maximum Gasteiger partial charge on any atom is 0.323 e. The van der Waals surface area contributed by atoms with Gasteiger partial charge in [0.1, 0.15) is 17.1 Å². The van der Waals surface area contributed by atoms with Gasteiger partial charge in [0, 0.05) is 28.0 Å². The Labute approximate surface area is 177 Å². The minimum Gasteiger partial charge on any atom is -0.497 e. The van der Waals surface area contributed by atoms with Gasteiger partial charge in [0.05, 0.1) is 12.5 Å². The van der Waals surface area contributed by atoms with Crippen LogP contribution in [0.15, 0.2) is 82.0 Å². The van der Waals surface area contributed by atoms with Crippen molar-refractivity contribution in [2.24, 2.45) is 0 Å². The summed E-state index contributed by atoms with van der Waals surface area (Å²) < 4.78 is 11.0. The molecule has 0 aliphatic heterocycles. The molecule has 2 amide bonds. The number of rotatable bonds is 4. The van der Waals surface area contributed by atoms with Gasteiger partial charge in [-0.2, -0.15) is 0 Å². The predicted molar refractivity (Wildman–Crippen MR) is 119 cm³/mol. The van der Waals surface area contributed by atoms with Gasteiger partial charge >= 0.3 is 6.03 Å². The molecular formula is C23H17ClN2O4. The summed E-state index contributed by atoms with van der Waals surface area (Å²) in [6.45, 7) is 0. The number of hydrogen-bond donors (Lipinski definition) is 2. The normalized spacial score (nSPS) is 10.6. The molecule has 30 heavy (non-hydrogen) atoms. The number of fused-ring (bicyclic) bond motifs is 1. The van der Waals surface area contributed by atoms with Crippen LogP contribution in [0.4, 0.5) is 16.2 Å². The molecule has 0 aliphatic carbocycles. The summed E-state index contributed by atoms with van der Waals surface area (Å²) in [5.41, 5.74) is 2.26. The van der Waals surface area contributed by atoms with E-state index in [1.807, 2.05) is 0 Å². The minimum atomic E-state index is -0.378. The predicted octanol–water partition coefficient (Wildman–Crippen LogP) is 5.77. The van der Waals surface area contributed by atoms with Crippen molar-refractivity contribution < 1.29 is 13.9 Å². The zero-order valence-electron chi connectivity index (χ0n) is 15.9. The maximum absolute atomic E-state index is 12.5. The molecule has 4 aromatic rings. The molecule has 0 atom stereocenters. The van der Waals surface area contributed by atoms with Gasteiger partial charge in [-0.05, 0) is 66.7 Å².